The van der Waals surface area contributed by atoms with Gasteiger partial charge < -0.3 is 22.7 Å². The number of hydrogen-bond acceptors (Lipinski definition) is 6. The molecule has 2 aromatic heterocycles. The molecule has 2 aromatic carbocycles. The van der Waals surface area contributed by atoms with E-state index in [2.05, 4.69) is 15.0 Å². The molecule has 8 heteroatoms. The Morgan fingerprint density at radius 2 is 1.19 bits per heavy atom. The molecule has 6 rings (SSSR count). The van der Waals surface area contributed by atoms with Gasteiger partial charge in [0.15, 0.2) is 0 Å². The number of hydrogen-bond donors (Lipinski definition) is 3. The summed E-state index contributed by atoms with van der Waals surface area (Å²) in [6.07, 6.45) is 14.6. The molecule has 195 valence electrons. The molecular weight excluding hydrogens is 553 g/mol. The first-order chi connectivity index (χ1) is 16.1. The first-order valence-electron chi connectivity index (χ1n) is 10.5. The topological polar surface area (TPSA) is 98.8 Å². The summed E-state index contributed by atoms with van der Waals surface area (Å²) >= 11 is 0. The number of allylic oxidation sites excluding steroid dienone is 3. The van der Waals surface area contributed by atoms with Crippen molar-refractivity contribution >= 4 is 28.0 Å². The number of fused-ring (bicyclic) bond motifs is 3. The number of aliphatic hydroxyl groups excluding tert-OH is 1. The molecule has 1 aliphatic heterocycles. The van der Waals surface area contributed by atoms with Crippen LogP contribution in [0.2, 0.25) is 0 Å². The Hall–Kier alpha value is -3.41. The molecule has 0 spiro atoms. The summed E-state index contributed by atoms with van der Waals surface area (Å²) in [6, 6.07) is 18.2. The first-order valence-corrected chi connectivity index (χ1v) is 10.5. The van der Waals surface area contributed by atoms with Crippen LogP contribution in [0.15, 0.2) is 114 Å². The minimum absolute atomic E-state index is 0. The molecule has 36 heavy (non-hydrogen) atoms. The zero-order valence-corrected chi connectivity index (χ0v) is 21.2. The fraction of sp³-hybridized carbons (Fsp3) is 0.0714. The van der Waals surface area contributed by atoms with E-state index in [9.17, 15) is 15.3 Å². The van der Waals surface area contributed by atoms with E-state index in [1.165, 1.54) is 0 Å². The van der Waals surface area contributed by atoms with Crippen LogP contribution in [0.3, 0.4) is 0 Å². The molecule has 3 heterocycles. The van der Waals surface area contributed by atoms with Crippen LogP contribution in [0.5, 0.6) is 11.5 Å². The number of aromatic nitrogens is 2. The average Bonchev–Trinajstić information content (AvgIpc) is 2.86. The van der Waals surface area contributed by atoms with Gasteiger partial charge in [-0.2, -0.15) is 0 Å². The molecule has 2 unspecified atom stereocenters. The second-order valence-electron chi connectivity index (χ2n) is 7.39. The Kier molecular flexibility index (Phi) is 12.6. The molecule has 2 atom stereocenters. The normalized spacial score (nSPS) is 16.4. The molecule has 6 nitrogen and oxygen atoms in total. The molecule has 2 aliphatic rings. The van der Waals surface area contributed by atoms with Gasteiger partial charge in [-0.05, 0) is 36.4 Å². The fourth-order valence-corrected chi connectivity index (χ4v) is 3.53. The Morgan fingerprint density at radius 3 is 1.69 bits per heavy atom. The quantitative estimate of drug-likeness (QED) is 0.170. The number of phenols is 2. The molecule has 1 aliphatic carbocycles. The van der Waals surface area contributed by atoms with Crippen LogP contribution >= 0.6 is 0 Å². The van der Waals surface area contributed by atoms with Crippen LogP contribution in [-0.4, -0.2) is 37.5 Å². The van der Waals surface area contributed by atoms with Gasteiger partial charge >= 0.3 is 17.1 Å². The van der Waals surface area contributed by atoms with Crippen molar-refractivity contribution < 1.29 is 50.9 Å². The SMILES string of the molecule is OC1=CC=CC2C=CC=NC12.Oc1cccc2cccnc12.Oc1cccc2cccnc12.[CH3-].[Cu+].[Cu].[HH]. The summed E-state index contributed by atoms with van der Waals surface area (Å²) in [6.45, 7) is 0. The Bertz CT molecular complexity index is 1310. The van der Waals surface area contributed by atoms with Gasteiger partial charge in [0.25, 0.3) is 0 Å². The number of para-hydroxylation sites is 2. The van der Waals surface area contributed by atoms with Crippen LogP contribution in [0, 0.1) is 13.3 Å². The van der Waals surface area contributed by atoms with E-state index in [1.807, 2.05) is 60.7 Å². The summed E-state index contributed by atoms with van der Waals surface area (Å²) in [5.41, 5.74) is 1.32. The third-order valence-electron chi connectivity index (χ3n) is 5.16. The summed E-state index contributed by atoms with van der Waals surface area (Å²) in [5, 5.41) is 29.9. The summed E-state index contributed by atoms with van der Waals surface area (Å²) < 4.78 is 0. The van der Waals surface area contributed by atoms with E-state index in [1.54, 1.807) is 48.9 Å². The Balaban J connectivity index is 0.000000498. The monoisotopic (exact) mass is 580 g/mol. The number of dihydropyridines is 1. The van der Waals surface area contributed by atoms with Gasteiger partial charge in [-0.15, -0.1) is 0 Å². The number of benzene rings is 2. The Labute approximate surface area is 233 Å². The van der Waals surface area contributed by atoms with E-state index in [4.69, 9.17) is 0 Å². The predicted molar refractivity (Wildman–Crippen MR) is 140 cm³/mol. The van der Waals surface area contributed by atoms with Gasteiger partial charge in [0.05, 0.1) is 0 Å². The molecule has 0 saturated carbocycles. The molecule has 0 fully saturated rings. The van der Waals surface area contributed by atoms with Gasteiger partial charge in [-0.25, -0.2) is 0 Å². The second-order valence-corrected chi connectivity index (χ2v) is 7.39. The van der Waals surface area contributed by atoms with E-state index in [-0.39, 0.29) is 66.4 Å². The standard InChI is InChI=1S/C9H9NO.2C9H7NO.CH3.2Cu.H2/c3*11-8-5-1-3-7-4-2-6-10-9(7)8;;;;/h1-7,9,11H;2*1-6,11H;1H3;;;1H/q;;;-1;;+1;. The molecule has 4 aromatic rings. The van der Waals surface area contributed by atoms with E-state index >= 15 is 0 Å². The predicted octanol–water partition coefficient (Wildman–Crippen LogP) is 6.20. The minimum atomic E-state index is -0.0648. The van der Waals surface area contributed by atoms with Crippen LogP contribution in [0.1, 0.15) is 1.43 Å². The number of phenolic OH excluding ortho intramolecular Hbond substituents is 2. The largest absolute Gasteiger partial charge is 1.00 e. The second kappa shape index (κ2) is 14.9. The van der Waals surface area contributed by atoms with Crippen LogP contribution < -0.4 is 0 Å². The molecule has 1 radical (unpaired) electrons. The van der Waals surface area contributed by atoms with Crippen LogP contribution in [0.25, 0.3) is 21.8 Å². The van der Waals surface area contributed by atoms with Crippen molar-refractivity contribution in [2.45, 2.75) is 6.04 Å². The van der Waals surface area contributed by atoms with Gasteiger partial charge in [-0.1, -0.05) is 54.6 Å². The van der Waals surface area contributed by atoms with Crippen molar-refractivity contribution in [2.75, 3.05) is 0 Å². The summed E-state index contributed by atoms with van der Waals surface area (Å²) in [7, 11) is 0. The van der Waals surface area contributed by atoms with E-state index in [0.29, 0.717) is 16.8 Å². The van der Waals surface area contributed by atoms with Gasteiger partial charge in [0.2, 0.25) is 0 Å². The van der Waals surface area contributed by atoms with E-state index < -0.39 is 0 Å². The van der Waals surface area contributed by atoms with Gasteiger partial charge in [0.1, 0.15) is 34.3 Å². The van der Waals surface area contributed by atoms with Crippen LogP contribution in [-0.2, 0) is 34.1 Å². The van der Waals surface area contributed by atoms with E-state index in [0.717, 1.165) is 10.8 Å². The third-order valence-corrected chi connectivity index (χ3v) is 5.16. The van der Waals surface area contributed by atoms with Crippen molar-refractivity contribution in [1.29, 1.82) is 0 Å². The summed E-state index contributed by atoms with van der Waals surface area (Å²) in [4.78, 5) is 12.2. The average molecular weight is 582 g/mol. The van der Waals surface area contributed by atoms with Crippen LogP contribution in [0.4, 0.5) is 0 Å². The van der Waals surface area contributed by atoms with Crippen molar-refractivity contribution in [3.05, 3.63) is 117 Å². The maximum atomic E-state index is 9.37. The number of aliphatic hydroxyl groups is 1. The molecular formula is C28H28Cu2N3O3. The molecule has 0 amide bonds. The molecule has 0 bridgehead atoms. The fourth-order valence-electron chi connectivity index (χ4n) is 3.53. The summed E-state index contributed by atoms with van der Waals surface area (Å²) in [5.74, 6) is 1.09. The number of nitrogens with zero attached hydrogens (tertiary/aromatic N) is 3. The number of aromatic hydroxyl groups is 2. The first kappa shape index (κ1) is 30.6. The zero-order valence-electron chi connectivity index (χ0n) is 19.3. The van der Waals surface area contributed by atoms with Crippen molar-refractivity contribution in [3.63, 3.8) is 0 Å². The smallest absolute Gasteiger partial charge is 0.510 e. The number of rotatable bonds is 0. The van der Waals surface area contributed by atoms with Crippen molar-refractivity contribution in [1.82, 2.24) is 9.97 Å². The van der Waals surface area contributed by atoms with Crippen molar-refractivity contribution in [3.8, 4) is 11.5 Å². The van der Waals surface area contributed by atoms with Gasteiger partial charge in [0, 0.05) is 53.8 Å². The Morgan fingerprint density at radius 1 is 0.694 bits per heavy atom. The van der Waals surface area contributed by atoms with Gasteiger partial charge in [-0.3, -0.25) is 15.0 Å². The number of pyridine rings is 2. The maximum Gasteiger partial charge on any atom is 1.00 e. The number of aliphatic imine (C=N–C) groups is 1. The minimum Gasteiger partial charge on any atom is -0.510 e. The maximum absolute atomic E-state index is 9.37. The zero-order chi connectivity index (χ0) is 23.0. The molecule has 3 N–H and O–H groups in total. The van der Waals surface area contributed by atoms with Crippen molar-refractivity contribution in [2.24, 2.45) is 10.9 Å². The third kappa shape index (κ3) is 7.54. The molecule has 0 saturated heterocycles.